The molecule has 25 heavy (non-hydrogen) atoms. The highest BCUT2D eigenvalue weighted by Gasteiger charge is 2.27. The van der Waals surface area contributed by atoms with Crippen LogP contribution in [0.25, 0.3) is 0 Å². The average molecular weight is 394 g/mol. The summed E-state index contributed by atoms with van der Waals surface area (Å²) in [6, 6.07) is 10.1. The molecule has 0 heterocycles. The number of ether oxygens (including phenoxy) is 1. The largest absolute Gasteiger partial charge is 0.493 e. The first kappa shape index (κ1) is 19.8. The molecule has 0 amide bonds. The van der Waals surface area contributed by atoms with Gasteiger partial charge in [0, 0.05) is 0 Å². The van der Waals surface area contributed by atoms with Crippen LogP contribution in [0.15, 0.2) is 42.5 Å². The molecular weight excluding hydrogens is 378 g/mol. The van der Waals surface area contributed by atoms with Crippen LogP contribution in [0.2, 0.25) is 10.0 Å². The lowest BCUT2D eigenvalue weighted by Crippen LogP contribution is -2.19. The molecule has 0 fully saturated rings. The zero-order valence-electron chi connectivity index (χ0n) is 12.9. The van der Waals surface area contributed by atoms with Gasteiger partial charge in [-0.1, -0.05) is 41.4 Å². The Balaban J connectivity index is 2.01. The Hall–Kier alpha value is -1.47. The highest BCUT2D eigenvalue weighted by Crippen LogP contribution is 2.31. The first-order valence-corrected chi connectivity index (χ1v) is 8.11. The number of alkyl halides is 3. The zero-order chi connectivity index (χ0) is 18.6. The van der Waals surface area contributed by atoms with Crippen LogP contribution < -0.4 is 10.5 Å². The number of rotatable bonds is 6. The van der Waals surface area contributed by atoms with Crippen LogP contribution in [0.5, 0.6) is 5.75 Å². The van der Waals surface area contributed by atoms with Crippen LogP contribution in [-0.4, -0.2) is 17.9 Å². The van der Waals surface area contributed by atoms with Crippen LogP contribution >= 0.6 is 23.2 Å². The van der Waals surface area contributed by atoms with Crippen molar-refractivity contribution < 1.29 is 23.0 Å². The molecule has 0 unspecified atom stereocenters. The van der Waals surface area contributed by atoms with Gasteiger partial charge >= 0.3 is 6.18 Å². The summed E-state index contributed by atoms with van der Waals surface area (Å²) in [7, 11) is 0. The van der Waals surface area contributed by atoms with E-state index in [1.54, 1.807) is 30.3 Å². The summed E-state index contributed by atoms with van der Waals surface area (Å²) < 4.78 is 41.3. The summed E-state index contributed by atoms with van der Waals surface area (Å²) in [5.74, 6) is 0.281. The predicted molar refractivity (Wildman–Crippen MR) is 91.0 cm³/mol. The lowest BCUT2D eigenvalue weighted by Gasteiger charge is -2.20. The molecule has 2 aromatic carbocycles. The molecule has 0 aliphatic rings. The highest BCUT2D eigenvalue weighted by atomic mass is 35.5. The molecular formula is C17H16Cl2F3NO2. The van der Waals surface area contributed by atoms with Gasteiger partial charge in [-0.05, 0) is 35.4 Å². The normalized spacial score (nSPS) is 14.2. The van der Waals surface area contributed by atoms with Crippen LogP contribution in [0.4, 0.5) is 13.2 Å². The third-order valence-corrected chi connectivity index (χ3v) is 4.28. The predicted octanol–water partition coefficient (Wildman–Crippen LogP) is 5.06. The van der Waals surface area contributed by atoms with E-state index in [0.29, 0.717) is 21.2 Å². The molecule has 0 spiro atoms. The first-order valence-electron chi connectivity index (χ1n) is 7.35. The number of benzene rings is 2. The van der Waals surface area contributed by atoms with Crippen molar-refractivity contribution in [2.75, 3.05) is 6.61 Å². The third kappa shape index (κ3) is 5.78. The Morgan fingerprint density at radius 1 is 1.00 bits per heavy atom. The maximum atomic E-state index is 12.1. The Morgan fingerprint density at radius 3 is 2.16 bits per heavy atom. The summed E-state index contributed by atoms with van der Waals surface area (Å²) in [4.78, 5) is 0. The van der Waals surface area contributed by atoms with Crippen LogP contribution in [0.3, 0.4) is 0 Å². The van der Waals surface area contributed by atoms with E-state index in [0.717, 1.165) is 0 Å². The van der Waals surface area contributed by atoms with Crippen molar-refractivity contribution in [1.29, 1.82) is 0 Å². The fourth-order valence-electron chi connectivity index (χ4n) is 2.16. The van der Waals surface area contributed by atoms with Crippen molar-refractivity contribution >= 4 is 23.2 Å². The topological polar surface area (TPSA) is 55.5 Å². The van der Waals surface area contributed by atoms with Gasteiger partial charge in [0.25, 0.3) is 0 Å². The molecule has 2 rings (SSSR count). The van der Waals surface area contributed by atoms with E-state index in [1.165, 1.54) is 12.1 Å². The summed E-state index contributed by atoms with van der Waals surface area (Å²) >= 11 is 11.8. The van der Waals surface area contributed by atoms with Gasteiger partial charge in [-0.15, -0.1) is 0 Å². The Kier molecular flexibility index (Phi) is 6.57. The zero-order valence-corrected chi connectivity index (χ0v) is 14.4. The smallest absolute Gasteiger partial charge is 0.392 e. The molecule has 0 saturated carbocycles. The van der Waals surface area contributed by atoms with E-state index in [4.69, 9.17) is 33.7 Å². The summed E-state index contributed by atoms with van der Waals surface area (Å²) in [5, 5.41) is 11.1. The highest BCUT2D eigenvalue weighted by molar-refractivity contribution is 6.42. The standard InChI is InChI=1S/C17H16Cl2F3NO2/c18-13-6-3-11(9-14(13)19)15(23)16(24)10-1-4-12(5-2-10)25-8-7-17(20,21)22/h1-6,9,15-16,24H,7-8,23H2/t15-,16+/m1/s1. The molecule has 0 radical (unpaired) electrons. The maximum Gasteiger partial charge on any atom is 0.392 e. The number of halogens is 5. The minimum absolute atomic E-state index is 0.281. The average Bonchev–Trinajstić information content (AvgIpc) is 2.55. The summed E-state index contributed by atoms with van der Waals surface area (Å²) in [6.07, 6.45) is -6.32. The molecule has 2 aromatic rings. The SMILES string of the molecule is N[C@H](c1ccc(Cl)c(Cl)c1)[C@@H](O)c1ccc(OCCC(F)(F)F)cc1. The van der Waals surface area contributed by atoms with Gasteiger partial charge in [0.2, 0.25) is 0 Å². The molecule has 8 heteroatoms. The van der Waals surface area contributed by atoms with Crippen molar-refractivity contribution in [3.63, 3.8) is 0 Å². The summed E-state index contributed by atoms with van der Waals surface area (Å²) in [5.41, 5.74) is 7.15. The third-order valence-electron chi connectivity index (χ3n) is 3.54. The number of aliphatic hydroxyl groups excluding tert-OH is 1. The Bertz CT molecular complexity index is 708. The lowest BCUT2D eigenvalue weighted by molar-refractivity contribution is -0.139. The molecule has 0 aromatic heterocycles. The van der Waals surface area contributed by atoms with E-state index in [1.807, 2.05) is 0 Å². The molecule has 136 valence electrons. The van der Waals surface area contributed by atoms with E-state index in [2.05, 4.69) is 0 Å². The number of hydrogen-bond acceptors (Lipinski definition) is 3. The summed E-state index contributed by atoms with van der Waals surface area (Å²) in [6.45, 7) is -0.464. The van der Waals surface area contributed by atoms with Crippen molar-refractivity contribution in [2.24, 2.45) is 5.73 Å². The second-order valence-corrected chi connectivity index (χ2v) is 6.24. The van der Waals surface area contributed by atoms with Gasteiger partial charge in [0.05, 0.1) is 35.2 Å². The fraction of sp³-hybridized carbons (Fsp3) is 0.294. The first-order chi connectivity index (χ1) is 11.7. The van der Waals surface area contributed by atoms with Gasteiger partial charge in [-0.2, -0.15) is 13.2 Å². The Morgan fingerprint density at radius 2 is 1.60 bits per heavy atom. The van der Waals surface area contributed by atoms with Gasteiger partial charge in [0.1, 0.15) is 5.75 Å². The van der Waals surface area contributed by atoms with Crippen molar-refractivity contribution in [1.82, 2.24) is 0 Å². The molecule has 0 aliphatic carbocycles. The molecule has 2 atom stereocenters. The van der Waals surface area contributed by atoms with Gasteiger partial charge in [-0.25, -0.2) is 0 Å². The number of hydrogen-bond donors (Lipinski definition) is 2. The molecule has 3 nitrogen and oxygen atoms in total. The van der Waals surface area contributed by atoms with Gasteiger partial charge in [0.15, 0.2) is 0 Å². The van der Waals surface area contributed by atoms with Crippen molar-refractivity contribution in [3.05, 3.63) is 63.6 Å². The van der Waals surface area contributed by atoms with Crippen LogP contribution in [0, 0.1) is 0 Å². The minimum atomic E-state index is -4.26. The minimum Gasteiger partial charge on any atom is -0.493 e. The Labute approximate surface area is 153 Å². The van der Waals surface area contributed by atoms with Crippen LogP contribution in [0.1, 0.15) is 29.7 Å². The van der Waals surface area contributed by atoms with Crippen molar-refractivity contribution in [3.8, 4) is 5.75 Å². The number of nitrogens with two attached hydrogens (primary N) is 1. The molecule has 0 bridgehead atoms. The van der Waals surface area contributed by atoms with Gasteiger partial charge in [-0.3, -0.25) is 0 Å². The van der Waals surface area contributed by atoms with Gasteiger partial charge < -0.3 is 15.6 Å². The molecule has 0 aliphatic heterocycles. The molecule has 0 saturated heterocycles. The van der Waals surface area contributed by atoms with E-state index in [-0.39, 0.29) is 5.75 Å². The quantitative estimate of drug-likeness (QED) is 0.721. The molecule has 3 N–H and O–H groups in total. The second kappa shape index (κ2) is 8.27. The van der Waals surface area contributed by atoms with Crippen LogP contribution in [-0.2, 0) is 0 Å². The lowest BCUT2D eigenvalue weighted by atomic mass is 9.96. The number of aliphatic hydroxyl groups is 1. The second-order valence-electron chi connectivity index (χ2n) is 5.43. The van der Waals surface area contributed by atoms with Crippen molar-refractivity contribution in [2.45, 2.75) is 24.7 Å². The van der Waals surface area contributed by atoms with E-state index >= 15 is 0 Å². The maximum absolute atomic E-state index is 12.1. The fourth-order valence-corrected chi connectivity index (χ4v) is 2.46. The van der Waals surface area contributed by atoms with E-state index in [9.17, 15) is 18.3 Å². The monoisotopic (exact) mass is 393 g/mol. The van der Waals surface area contributed by atoms with E-state index < -0.39 is 31.3 Å².